The molecule has 37 heteroatoms. The molecule has 0 aliphatic heterocycles. The third-order valence-electron chi connectivity index (χ3n) is 10.6. The standard InChI is InChI=1S/C37H42F34O3/c1-2-3-4-5-6-7-8-9-10-11-12-13-14-15-16-74-21(17-72-19-22(38,39)24(42,43)26(46,47)28(50,51)30(54,55)32(58,59)34(62,63)36(66,67)68)18-73-20-23(40,41)25(44,45)27(48,49)29(52,53)31(56,57)33(60,61)35(64,65)37(69,70)71/h21H,2-20H2,1H3. The Morgan fingerprint density at radius 1 is 0.257 bits per heavy atom. The Hall–Kier alpha value is -2.50. The Morgan fingerprint density at radius 3 is 0.689 bits per heavy atom. The molecule has 74 heavy (non-hydrogen) atoms. The molecule has 0 heterocycles. The average molecular weight is 1180 g/mol. The molecule has 0 N–H and O–H groups in total. The van der Waals surface area contributed by atoms with E-state index in [9.17, 15) is 149 Å². The minimum Gasteiger partial charge on any atom is -0.373 e. The summed E-state index contributed by atoms with van der Waals surface area (Å²) in [6.07, 6.45) is -9.46. The highest BCUT2D eigenvalue weighted by atomic mass is 19.4. The zero-order chi connectivity index (χ0) is 59.1. The summed E-state index contributed by atoms with van der Waals surface area (Å²) < 4.78 is 474. The molecular formula is C37H42F34O3. The molecule has 0 aliphatic carbocycles. The molecular weight excluding hydrogens is 1140 g/mol. The molecule has 0 aromatic heterocycles. The Balaban J connectivity index is 6.50. The SMILES string of the molecule is CCCCCCCCCCCCCCCCOC(COCC(F)(F)C(F)(F)C(F)(F)C(F)(F)C(F)(F)C(F)(F)C(F)(F)C(F)(F)F)COCC(F)(F)C(F)(F)C(F)(F)C(F)(F)C(F)(F)C(F)(F)C(F)(F)C(F)(F)F. The van der Waals surface area contributed by atoms with Crippen LogP contribution < -0.4 is 0 Å². The van der Waals surface area contributed by atoms with Crippen molar-refractivity contribution in [2.75, 3.05) is 33.0 Å². The Kier molecular flexibility index (Phi) is 23.4. The van der Waals surface area contributed by atoms with Crippen LogP contribution in [0.1, 0.15) is 96.8 Å². The van der Waals surface area contributed by atoms with Crippen molar-refractivity contribution in [1.29, 1.82) is 0 Å². The lowest BCUT2D eigenvalue weighted by Gasteiger charge is -2.42. The van der Waals surface area contributed by atoms with E-state index in [1.807, 2.05) is 6.92 Å². The largest absolute Gasteiger partial charge is 0.460 e. The van der Waals surface area contributed by atoms with E-state index in [4.69, 9.17) is 4.74 Å². The van der Waals surface area contributed by atoms with Crippen molar-refractivity contribution in [2.45, 2.75) is 198 Å². The van der Waals surface area contributed by atoms with E-state index in [-0.39, 0.29) is 19.3 Å². The minimum absolute atomic E-state index is 0.0319. The first-order valence-corrected chi connectivity index (χ1v) is 20.8. The summed E-state index contributed by atoms with van der Waals surface area (Å²) in [4.78, 5) is 0. The number of hydrogen-bond donors (Lipinski definition) is 0. The van der Waals surface area contributed by atoms with E-state index in [2.05, 4.69) is 9.47 Å². The zero-order valence-electron chi connectivity index (χ0n) is 37.1. The summed E-state index contributed by atoms with van der Waals surface area (Å²) in [6.45, 7) is -10.8. The molecule has 0 saturated carbocycles. The van der Waals surface area contributed by atoms with Gasteiger partial charge in [-0.15, -0.1) is 0 Å². The van der Waals surface area contributed by atoms with Gasteiger partial charge in [-0.2, -0.15) is 149 Å². The van der Waals surface area contributed by atoms with Crippen LogP contribution in [0.4, 0.5) is 149 Å². The topological polar surface area (TPSA) is 27.7 Å². The van der Waals surface area contributed by atoms with Crippen LogP contribution in [0.15, 0.2) is 0 Å². The predicted octanol–water partition coefficient (Wildman–Crippen LogP) is 16.9. The lowest BCUT2D eigenvalue weighted by Crippen LogP contribution is -2.74. The van der Waals surface area contributed by atoms with Crippen LogP contribution in [-0.2, 0) is 14.2 Å². The number of hydrogen-bond acceptors (Lipinski definition) is 3. The molecule has 0 aromatic rings. The fourth-order valence-electron chi connectivity index (χ4n) is 5.90. The lowest BCUT2D eigenvalue weighted by atomic mass is 9.89. The van der Waals surface area contributed by atoms with Crippen LogP contribution in [0.2, 0.25) is 0 Å². The molecule has 3 nitrogen and oxygen atoms in total. The molecule has 0 amide bonds. The maximum atomic E-state index is 14.4. The second-order valence-corrected chi connectivity index (χ2v) is 16.4. The van der Waals surface area contributed by atoms with Gasteiger partial charge >= 0.3 is 95.3 Å². The van der Waals surface area contributed by atoms with E-state index in [1.165, 1.54) is 0 Å². The number of halogens is 34. The van der Waals surface area contributed by atoms with E-state index in [0.717, 1.165) is 51.4 Å². The molecule has 0 aromatic carbocycles. The highest BCUT2D eigenvalue weighted by molar-refractivity contribution is 5.16. The van der Waals surface area contributed by atoms with Crippen molar-refractivity contribution in [1.82, 2.24) is 0 Å². The molecule has 446 valence electrons. The van der Waals surface area contributed by atoms with Crippen LogP contribution in [0.3, 0.4) is 0 Å². The second kappa shape index (κ2) is 24.3. The molecule has 0 radical (unpaired) electrons. The summed E-state index contributed by atoms with van der Waals surface area (Å²) in [7, 11) is 0. The summed E-state index contributed by atoms with van der Waals surface area (Å²) in [6, 6.07) is 0. The third kappa shape index (κ3) is 13.7. The molecule has 0 atom stereocenters. The van der Waals surface area contributed by atoms with Crippen molar-refractivity contribution in [2.24, 2.45) is 0 Å². The Bertz CT molecular complexity index is 1580. The first-order valence-electron chi connectivity index (χ1n) is 20.8. The van der Waals surface area contributed by atoms with Gasteiger partial charge in [-0.05, 0) is 6.42 Å². The van der Waals surface area contributed by atoms with Gasteiger partial charge in [0.2, 0.25) is 0 Å². The number of alkyl halides is 34. The van der Waals surface area contributed by atoms with Crippen molar-refractivity contribution in [3.05, 3.63) is 0 Å². The summed E-state index contributed by atoms with van der Waals surface area (Å²) in [5.74, 6) is -120. The summed E-state index contributed by atoms with van der Waals surface area (Å²) >= 11 is 0. The molecule has 0 aliphatic rings. The summed E-state index contributed by atoms with van der Waals surface area (Å²) in [5.41, 5.74) is 0. The minimum atomic E-state index is -9.04. The van der Waals surface area contributed by atoms with E-state index in [0.29, 0.717) is 19.3 Å². The second-order valence-electron chi connectivity index (χ2n) is 16.4. The maximum Gasteiger partial charge on any atom is 0.460 e. The summed E-state index contributed by atoms with van der Waals surface area (Å²) in [5, 5.41) is 0. The quantitative estimate of drug-likeness (QED) is 0.0462. The lowest BCUT2D eigenvalue weighted by molar-refractivity contribution is -0.462. The predicted molar refractivity (Wildman–Crippen MR) is 183 cm³/mol. The van der Waals surface area contributed by atoms with Gasteiger partial charge in [0.1, 0.15) is 19.3 Å². The van der Waals surface area contributed by atoms with Gasteiger partial charge in [0.25, 0.3) is 0 Å². The van der Waals surface area contributed by atoms with Crippen LogP contribution in [0.5, 0.6) is 0 Å². The molecule has 0 unspecified atom stereocenters. The van der Waals surface area contributed by atoms with Crippen molar-refractivity contribution in [3.63, 3.8) is 0 Å². The van der Waals surface area contributed by atoms with Crippen LogP contribution >= 0.6 is 0 Å². The Labute approximate surface area is 395 Å². The normalized spacial score (nSPS) is 15.7. The van der Waals surface area contributed by atoms with Gasteiger partial charge in [-0.1, -0.05) is 90.4 Å². The zero-order valence-corrected chi connectivity index (χ0v) is 37.1. The van der Waals surface area contributed by atoms with Gasteiger partial charge in [-0.3, -0.25) is 0 Å². The fraction of sp³-hybridized carbons (Fsp3) is 1.00. The van der Waals surface area contributed by atoms with Gasteiger partial charge in [0.15, 0.2) is 0 Å². The molecule has 0 fully saturated rings. The number of ether oxygens (including phenoxy) is 3. The van der Waals surface area contributed by atoms with E-state index < -0.39 is 134 Å². The van der Waals surface area contributed by atoms with Crippen molar-refractivity contribution in [3.8, 4) is 0 Å². The highest BCUT2D eigenvalue weighted by Gasteiger charge is 2.97. The first kappa shape index (κ1) is 71.5. The van der Waals surface area contributed by atoms with Gasteiger partial charge < -0.3 is 14.2 Å². The molecule has 0 spiro atoms. The highest BCUT2D eigenvalue weighted by Crippen LogP contribution is 2.66. The average Bonchev–Trinajstić information content (AvgIpc) is 3.22. The smallest absolute Gasteiger partial charge is 0.373 e. The van der Waals surface area contributed by atoms with E-state index >= 15 is 0 Å². The maximum absolute atomic E-state index is 14.4. The van der Waals surface area contributed by atoms with Gasteiger partial charge in [-0.25, -0.2) is 0 Å². The van der Waals surface area contributed by atoms with Crippen LogP contribution in [-0.4, -0.2) is 134 Å². The fourth-order valence-corrected chi connectivity index (χ4v) is 5.90. The van der Waals surface area contributed by atoms with Gasteiger partial charge in [0, 0.05) is 6.61 Å². The monoisotopic (exact) mass is 1180 g/mol. The molecule has 0 rings (SSSR count). The first-order chi connectivity index (χ1) is 32.6. The van der Waals surface area contributed by atoms with E-state index in [1.54, 1.807) is 0 Å². The molecule has 0 saturated heterocycles. The van der Waals surface area contributed by atoms with Gasteiger partial charge in [0.05, 0.1) is 13.2 Å². The molecule has 0 bridgehead atoms. The van der Waals surface area contributed by atoms with Crippen molar-refractivity contribution >= 4 is 0 Å². The number of rotatable bonds is 36. The van der Waals surface area contributed by atoms with Crippen LogP contribution in [0, 0.1) is 0 Å². The van der Waals surface area contributed by atoms with Crippen molar-refractivity contribution < 1.29 is 163 Å². The van der Waals surface area contributed by atoms with Crippen LogP contribution in [0.25, 0.3) is 0 Å². The third-order valence-corrected chi connectivity index (χ3v) is 10.6. The number of unbranched alkanes of at least 4 members (excludes halogenated alkanes) is 13. The Morgan fingerprint density at radius 2 is 0.459 bits per heavy atom.